The Labute approximate surface area is 175 Å². The van der Waals surface area contributed by atoms with Gasteiger partial charge >= 0.3 is 5.69 Å². The Kier molecular flexibility index (Phi) is 5.04. The predicted molar refractivity (Wildman–Crippen MR) is 105 cm³/mol. The number of rotatable bonds is 5. The van der Waals surface area contributed by atoms with Crippen LogP contribution in [0.5, 0.6) is 5.75 Å². The number of aromatic nitrogens is 1. The highest BCUT2D eigenvalue weighted by Crippen LogP contribution is 2.58. The molecular formula is C22H18F2N2O5. The first-order valence-corrected chi connectivity index (χ1v) is 9.50. The number of methoxy groups -OCH3 is 1. The van der Waals surface area contributed by atoms with Crippen molar-refractivity contribution in [1.82, 2.24) is 5.16 Å². The van der Waals surface area contributed by atoms with E-state index in [2.05, 4.69) is 5.16 Å². The summed E-state index contributed by atoms with van der Waals surface area (Å²) in [6.07, 6.45) is -0.220. The first-order chi connectivity index (χ1) is 14.8. The largest absolute Gasteiger partial charge is 0.497 e. The number of nitro groups is 1. The molecule has 0 saturated heterocycles. The van der Waals surface area contributed by atoms with Crippen LogP contribution in [0.4, 0.5) is 14.5 Å². The summed E-state index contributed by atoms with van der Waals surface area (Å²) in [5.74, 6) is -3.38. The van der Waals surface area contributed by atoms with Crippen LogP contribution < -0.4 is 4.74 Å². The van der Waals surface area contributed by atoms with Gasteiger partial charge in [-0.15, -0.1) is 0 Å². The van der Waals surface area contributed by atoms with Crippen molar-refractivity contribution >= 4 is 11.5 Å². The second-order valence-corrected chi connectivity index (χ2v) is 7.45. The maximum absolute atomic E-state index is 16.7. The van der Waals surface area contributed by atoms with Crippen molar-refractivity contribution in [3.63, 3.8) is 0 Å². The molecule has 0 radical (unpaired) electrons. The summed E-state index contributed by atoms with van der Waals surface area (Å²) in [5.41, 5.74) is -2.68. The van der Waals surface area contributed by atoms with Gasteiger partial charge in [-0.1, -0.05) is 29.4 Å². The van der Waals surface area contributed by atoms with Crippen LogP contribution in [0.1, 0.15) is 40.8 Å². The molecule has 0 unspecified atom stereocenters. The van der Waals surface area contributed by atoms with Gasteiger partial charge in [0.15, 0.2) is 11.5 Å². The lowest BCUT2D eigenvalue weighted by Crippen LogP contribution is -2.32. The molecule has 3 aromatic rings. The quantitative estimate of drug-likeness (QED) is 0.430. The van der Waals surface area contributed by atoms with Crippen molar-refractivity contribution < 1.29 is 27.8 Å². The molecule has 9 heteroatoms. The molecule has 1 fully saturated rings. The standard InChI is InChI=1S/C22H18F2N2O5/c1-12-20(26(28)29)21(31-25-12)22(24)18(27)11-17(13-5-9-16(30-2)10-6-13)19(22)14-3-7-15(23)8-4-14/h3-10,17,19H,11H2,1-2H3/t17-,19-,22+/m1/s1. The van der Waals surface area contributed by atoms with E-state index in [4.69, 9.17) is 9.26 Å². The number of hydrogen-bond donors (Lipinski definition) is 0. The zero-order chi connectivity index (χ0) is 22.3. The van der Waals surface area contributed by atoms with E-state index in [1.807, 2.05) is 0 Å². The van der Waals surface area contributed by atoms with E-state index >= 15 is 4.39 Å². The molecular weight excluding hydrogens is 410 g/mol. The number of aryl methyl sites for hydroxylation is 1. The van der Waals surface area contributed by atoms with Crippen LogP contribution in [0, 0.1) is 22.9 Å². The van der Waals surface area contributed by atoms with Crippen molar-refractivity contribution in [1.29, 1.82) is 0 Å². The Morgan fingerprint density at radius 3 is 2.35 bits per heavy atom. The smallest absolute Gasteiger partial charge is 0.338 e. The first kappa shape index (κ1) is 20.6. The second-order valence-electron chi connectivity index (χ2n) is 7.45. The maximum atomic E-state index is 16.7. The number of halogens is 2. The van der Waals surface area contributed by atoms with Crippen LogP contribution in [0.15, 0.2) is 53.1 Å². The zero-order valence-corrected chi connectivity index (χ0v) is 16.7. The predicted octanol–water partition coefficient (Wildman–Crippen LogP) is 4.74. The van der Waals surface area contributed by atoms with Gasteiger partial charge in [-0.25, -0.2) is 8.78 Å². The summed E-state index contributed by atoms with van der Waals surface area (Å²) >= 11 is 0. The Morgan fingerprint density at radius 2 is 1.77 bits per heavy atom. The fourth-order valence-electron chi connectivity index (χ4n) is 4.30. The highest BCUT2D eigenvalue weighted by Gasteiger charge is 2.63. The van der Waals surface area contributed by atoms with E-state index in [0.717, 1.165) is 12.1 Å². The molecule has 2 aromatic carbocycles. The molecule has 0 amide bonds. The number of carbonyl (C=O) groups excluding carboxylic acids is 1. The monoisotopic (exact) mass is 428 g/mol. The zero-order valence-electron chi connectivity index (χ0n) is 16.7. The van der Waals surface area contributed by atoms with Gasteiger partial charge in [0.1, 0.15) is 11.6 Å². The molecule has 0 N–H and O–H groups in total. The Hall–Kier alpha value is -3.62. The van der Waals surface area contributed by atoms with E-state index in [1.165, 1.54) is 26.2 Å². The highest BCUT2D eigenvalue weighted by atomic mass is 19.1. The van der Waals surface area contributed by atoms with Crippen LogP contribution in [0.25, 0.3) is 0 Å². The third-order valence-electron chi connectivity index (χ3n) is 5.76. The Morgan fingerprint density at radius 1 is 1.16 bits per heavy atom. The molecule has 3 atom stereocenters. The topological polar surface area (TPSA) is 95.5 Å². The molecule has 31 heavy (non-hydrogen) atoms. The highest BCUT2D eigenvalue weighted by molar-refractivity contribution is 5.94. The molecule has 1 aliphatic carbocycles. The molecule has 1 aromatic heterocycles. The molecule has 1 aliphatic rings. The lowest BCUT2D eigenvalue weighted by atomic mass is 9.77. The van der Waals surface area contributed by atoms with Gasteiger partial charge in [0.05, 0.1) is 12.0 Å². The number of Topliss-reactive ketones (excluding diaryl/α,β-unsaturated/α-hetero) is 1. The number of alkyl halides is 1. The van der Waals surface area contributed by atoms with E-state index < -0.39 is 45.5 Å². The van der Waals surface area contributed by atoms with Crippen molar-refractivity contribution in [3.05, 3.63) is 87.0 Å². The summed E-state index contributed by atoms with van der Waals surface area (Å²) in [6.45, 7) is 1.31. The number of nitrogens with zero attached hydrogens (tertiary/aromatic N) is 2. The summed E-state index contributed by atoms with van der Waals surface area (Å²) in [4.78, 5) is 23.8. The van der Waals surface area contributed by atoms with Crippen LogP contribution >= 0.6 is 0 Å². The van der Waals surface area contributed by atoms with Crippen molar-refractivity contribution in [2.24, 2.45) is 0 Å². The minimum absolute atomic E-state index is 0.129. The minimum atomic E-state index is -2.84. The average Bonchev–Trinajstić information content (AvgIpc) is 3.27. The molecule has 0 bridgehead atoms. The minimum Gasteiger partial charge on any atom is -0.497 e. The second kappa shape index (κ2) is 7.57. The Balaban J connectivity index is 1.92. The third kappa shape index (κ3) is 3.26. The van der Waals surface area contributed by atoms with Crippen molar-refractivity contribution in [2.45, 2.75) is 30.8 Å². The van der Waals surface area contributed by atoms with E-state index in [0.29, 0.717) is 16.9 Å². The molecule has 4 rings (SSSR count). The molecule has 160 valence electrons. The molecule has 0 aliphatic heterocycles. The van der Waals surface area contributed by atoms with E-state index in [1.54, 1.807) is 24.3 Å². The summed E-state index contributed by atoms with van der Waals surface area (Å²) in [7, 11) is 1.51. The van der Waals surface area contributed by atoms with Crippen LogP contribution in [0.3, 0.4) is 0 Å². The van der Waals surface area contributed by atoms with Gasteiger partial charge in [0.25, 0.3) is 5.76 Å². The molecule has 0 spiro atoms. The number of ketones is 1. The molecule has 1 heterocycles. The summed E-state index contributed by atoms with van der Waals surface area (Å²) in [5, 5.41) is 15.1. The fraction of sp³-hybridized carbons (Fsp3) is 0.273. The van der Waals surface area contributed by atoms with Crippen molar-refractivity contribution in [3.8, 4) is 5.75 Å². The van der Waals surface area contributed by atoms with Crippen molar-refractivity contribution in [2.75, 3.05) is 7.11 Å². The number of ether oxygens (including phenoxy) is 1. The number of carbonyl (C=O) groups is 1. The first-order valence-electron chi connectivity index (χ1n) is 9.50. The van der Waals surface area contributed by atoms with E-state index in [9.17, 15) is 19.3 Å². The SMILES string of the molecule is COc1ccc([C@H]2CC(=O)[C@@](F)(c3onc(C)c3[N+](=O)[O-])[C@@H]2c2ccc(F)cc2)cc1. The maximum Gasteiger partial charge on any atom is 0.338 e. The lowest BCUT2D eigenvalue weighted by molar-refractivity contribution is -0.387. The summed E-state index contributed by atoms with van der Waals surface area (Å²) in [6, 6.07) is 11.8. The lowest BCUT2D eigenvalue weighted by Gasteiger charge is -2.27. The van der Waals surface area contributed by atoms with Gasteiger partial charge in [0, 0.05) is 18.3 Å². The van der Waals surface area contributed by atoms with Gasteiger partial charge in [0.2, 0.25) is 5.67 Å². The normalized spacial score (nSPS) is 23.2. The Bertz CT molecular complexity index is 1140. The molecule has 1 saturated carbocycles. The third-order valence-corrected chi connectivity index (χ3v) is 5.76. The van der Waals surface area contributed by atoms with E-state index in [-0.39, 0.29) is 12.1 Å². The number of benzene rings is 2. The van der Waals surface area contributed by atoms with Crippen LogP contribution in [0.2, 0.25) is 0 Å². The van der Waals surface area contributed by atoms with Gasteiger partial charge in [-0.2, -0.15) is 0 Å². The van der Waals surface area contributed by atoms with Crippen LogP contribution in [-0.2, 0) is 10.5 Å². The molecule has 7 nitrogen and oxygen atoms in total. The summed E-state index contributed by atoms with van der Waals surface area (Å²) < 4.78 is 40.4. The van der Waals surface area contributed by atoms with Gasteiger partial charge in [-0.05, 0) is 42.3 Å². The van der Waals surface area contributed by atoms with Gasteiger partial charge < -0.3 is 9.26 Å². The van der Waals surface area contributed by atoms with Gasteiger partial charge in [-0.3, -0.25) is 14.9 Å². The average molecular weight is 428 g/mol. The number of hydrogen-bond acceptors (Lipinski definition) is 6. The fourth-order valence-corrected chi connectivity index (χ4v) is 4.30. The van der Waals surface area contributed by atoms with Crippen LogP contribution in [-0.4, -0.2) is 23.0 Å².